The minimum absolute atomic E-state index is 0.177. The van der Waals surface area contributed by atoms with E-state index in [9.17, 15) is 0 Å². The molecular weight excluding hydrogens is 780 g/mol. The second kappa shape index (κ2) is 14.5. The molecule has 0 unspecified atom stereocenters. The van der Waals surface area contributed by atoms with Gasteiger partial charge in [-0.1, -0.05) is 166 Å². The summed E-state index contributed by atoms with van der Waals surface area (Å²) in [5.74, 6) is 0. The van der Waals surface area contributed by atoms with Crippen LogP contribution >= 0.6 is 11.3 Å². The molecule has 0 atom stereocenters. The molecule has 2 aliphatic heterocycles. The monoisotopic (exact) mass is 827 g/mol. The van der Waals surface area contributed by atoms with Crippen molar-refractivity contribution < 1.29 is 4.11 Å². The van der Waals surface area contributed by atoms with Gasteiger partial charge >= 0.3 is 0 Å². The van der Waals surface area contributed by atoms with Gasteiger partial charge in [0.1, 0.15) is 0 Å². The van der Waals surface area contributed by atoms with Gasteiger partial charge in [0.15, 0.2) is 0 Å². The maximum absolute atomic E-state index is 8.59. The van der Waals surface area contributed by atoms with E-state index >= 15 is 0 Å². The number of nitrogens with zero attached hydrogens (tertiary/aromatic N) is 2. The van der Waals surface area contributed by atoms with Crippen LogP contribution in [0.3, 0.4) is 0 Å². The summed E-state index contributed by atoms with van der Waals surface area (Å²) < 4.78 is 28.4. The summed E-state index contributed by atoms with van der Waals surface area (Å²) in [5.41, 5.74) is 17.9. The van der Waals surface area contributed by atoms with Crippen LogP contribution in [0.1, 0.15) is 36.0 Å². The van der Waals surface area contributed by atoms with Crippen molar-refractivity contribution >= 4 is 88.7 Å². The minimum atomic E-state index is -2.28. The lowest BCUT2D eigenvalue weighted by Crippen LogP contribution is -2.61. The third-order valence-electron chi connectivity index (χ3n) is 13.1. The summed E-state index contributed by atoms with van der Waals surface area (Å²) in [6.45, 7) is 4.37. The van der Waals surface area contributed by atoms with Crippen molar-refractivity contribution in [2.75, 3.05) is 9.80 Å². The molecule has 0 amide bonds. The summed E-state index contributed by atoms with van der Waals surface area (Å²) in [4.78, 5) is 4.79. The zero-order valence-electron chi connectivity index (χ0n) is 38.4. The van der Waals surface area contributed by atoms with E-state index in [1.165, 1.54) is 47.8 Å². The molecule has 0 spiro atoms. The SMILES string of the molecule is [2H]C([2H])([2H])c1ccc2c(c1)N(c1ccc(-c3ccccc3)cc1)c1cc(C(C)(C)C)cc3c1B2c1cc(-c2ccccc2)ccc1N3c1ccc(-c2cccc3c2sc2ccccc23)cc1. The molecule has 0 saturated carbocycles. The van der Waals surface area contributed by atoms with Crippen molar-refractivity contribution in [2.24, 2.45) is 0 Å². The Balaban J connectivity index is 1.11. The zero-order chi connectivity index (χ0) is 44.9. The van der Waals surface area contributed by atoms with Gasteiger partial charge in [-0.25, -0.2) is 0 Å². The Kier molecular flexibility index (Phi) is 7.92. The molecule has 1 aromatic heterocycles. The number of thiophene rings is 1. The average molecular weight is 828 g/mol. The van der Waals surface area contributed by atoms with E-state index < -0.39 is 6.85 Å². The molecule has 0 bridgehead atoms. The molecule has 0 aliphatic carbocycles. The van der Waals surface area contributed by atoms with E-state index in [-0.39, 0.29) is 12.1 Å². The molecule has 63 heavy (non-hydrogen) atoms. The first-order valence-corrected chi connectivity index (χ1v) is 22.6. The van der Waals surface area contributed by atoms with E-state index in [0.29, 0.717) is 5.56 Å². The third kappa shape index (κ3) is 6.15. The van der Waals surface area contributed by atoms with E-state index in [1.54, 1.807) is 0 Å². The van der Waals surface area contributed by atoms with Gasteiger partial charge in [0.2, 0.25) is 0 Å². The third-order valence-corrected chi connectivity index (χ3v) is 14.3. The Labute approximate surface area is 378 Å². The first-order valence-electron chi connectivity index (χ1n) is 23.3. The minimum Gasteiger partial charge on any atom is -0.311 e. The number of aryl methyl sites for hydroxylation is 1. The molecule has 0 N–H and O–H groups in total. The summed E-state index contributed by atoms with van der Waals surface area (Å²) in [6.07, 6.45) is 0. The van der Waals surface area contributed by atoms with Gasteiger partial charge in [0.25, 0.3) is 6.71 Å². The Morgan fingerprint density at radius 3 is 1.73 bits per heavy atom. The molecule has 3 heterocycles. The predicted octanol–water partition coefficient (Wildman–Crippen LogP) is 14.7. The van der Waals surface area contributed by atoms with Crippen LogP contribution in [0.25, 0.3) is 53.6 Å². The van der Waals surface area contributed by atoms with Gasteiger partial charge in [-0.2, -0.15) is 0 Å². The van der Waals surface area contributed by atoms with Gasteiger partial charge in [-0.15, -0.1) is 11.3 Å². The lowest BCUT2D eigenvalue weighted by atomic mass is 9.33. The Morgan fingerprint density at radius 1 is 0.460 bits per heavy atom. The summed E-state index contributed by atoms with van der Waals surface area (Å²) in [7, 11) is 0. The van der Waals surface area contributed by atoms with Crippen LogP contribution in [0, 0.1) is 6.85 Å². The standard InChI is InChI=1S/C59H45BN2S/c1-38-22-32-50-53(34-38)62(46-28-23-41(24-29-46)39-14-7-5-8-15-39)55-37-44(59(2,3)4)36-54-57(55)60(50)51-35-43(40-16-9-6-10-17-40)27-33-52(51)61(54)45-30-25-42(26-31-45)47-19-13-20-49-48-18-11-12-21-56(48)63-58(47)49/h5-37H,1-4H3/i1D3. The number of rotatable bonds is 5. The highest BCUT2D eigenvalue weighted by molar-refractivity contribution is 7.26. The largest absolute Gasteiger partial charge is 0.311 e. The highest BCUT2D eigenvalue weighted by Gasteiger charge is 2.44. The molecule has 2 aliphatic rings. The molecule has 9 aromatic carbocycles. The van der Waals surface area contributed by atoms with Crippen LogP contribution in [0.5, 0.6) is 0 Å². The highest BCUT2D eigenvalue weighted by atomic mass is 32.1. The van der Waals surface area contributed by atoms with E-state index in [2.05, 4.69) is 213 Å². The Morgan fingerprint density at radius 2 is 1.05 bits per heavy atom. The lowest BCUT2D eigenvalue weighted by molar-refractivity contribution is 0.590. The quantitative estimate of drug-likeness (QED) is 0.160. The van der Waals surface area contributed by atoms with Gasteiger partial charge in [-0.05, 0) is 128 Å². The number of hydrogen-bond donors (Lipinski definition) is 0. The van der Waals surface area contributed by atoms with E-state index in [1.807, 2.05) is 29.5 Å². The predicted molar refractivity (Wildman–Crippen MR) is 273 cm³/mol. The fourth-order valence-corrected chi connectivity index (χ4v) is 11.2. The van der Waals surface area contributed by atoms with Crippen molar-refractivity contribution in [1.82, 2.24) is 0 Å². The van der Waals surface area contributed by atoms with Crippen LogP contribution in [-0.4, -0.2) is 6.71 Å². The van der Waals surface area contributed by atoms with Crippen molar-refractivity contribution in [3.05, 3.63) is 211 Å². The zero-order valence-corrected chi connectivity index (χ0v) is 36.2. The van der Waals surface area contributed by atoms with E-state index in [0.717, 1.165) is 61.8 Å². The smallest absolute Gasteiger partial charge is 0.252 e. The topological polar surface area (TPSA) is 6.48 Å². The number of fused-ring (bicyclic) bond motifs is 7. The Bertz CT molecular complexity index is 3500. The maximum atomic E-state index is 8.59. The van der Waals surface area contributed by atoms with Crippen LogP contribution in [-0.2, 0) is 5.41 Å². The molecule has 12 rings (SSSR count). The van der Waals surface area contributed by atoms with Crippen LogP contribution < -0.4 is 26.2 Å². The summed E-state index contributed by atoms with van der Waals surface area (Å²) in [6, 6.07) is 71.7. The fraction of sp³-hybridized carbons (Fsp3) is 0.0847. The van der Waals surface area contributed by atoms with Crippen LogP contribution in [0.15, 0.2) is 200 Å². The normalized spacial score (nSPS) is 13.9. The number of benzene rings is 9. The van der Waals surface area contributed by atoms with Crippen molar-refractivity contribution in [2.45, 2.75) is 33.0 Å². The molecule has 0 saturated heterocycles. The highest BCUT2D eigenvalue weighted by Crippen LogP contribution is 2.48. The molecule has 10 aromatic rings. The first kappa shape index (κ1) is 34.5. The molecule has 4 heteroatoms. The van der Waals surface area contributed by atoms with Gasteiger partial charge in [-0.3, -0.25) is 0 Å². The summed E-state index contributed by atoms with van der Waals surface area (Å²) >= 11 is 1.86. The first-order chi connectivity index (χ1) is 32.0. The second-order valence-corrected chi connectivity index (χ2v) is 19.0. The lowest BCUT2D eigenvalue weighted by Gasteiger charge is -2.45. The average Bonchev–Trinajstić information content (AvgIpc) is 3.73. The molecule has 2 nitrogen and oxygen atoms in total. The van der Waals surface area contributed by atoms with Gasteiger partial charge < -0.3 is 9.80 Å². The van der Waals surface area contributed by atoms with Crippen molar-refractivity contribution in [3.63, 3.8) is 0 Å². The van der Waals surface area contributed by atoms with Gasteiger partial charge in [0.05, 0.1) is 0 Å². The molecule has 0 fully saturated rings. The molecule has 0 radical (unpaired) electrons. The van der Waals surface area contributed by atoms with Gasteiger partial charge in [0, 0.05) is 58.4 Å². The molecule has 300 valence electrons. The summed E-state index contributed by atoms with van der Waals surface area (Å²) in [5, 5.41) is 2.59. The van der Waals surface area contributed by atoms with Crippen molar-refractivity contribution in [1.29, 1.82) is 0 Å². The second-order valence-electron chi connectivity index (χ2n) is 17.9. The Hall–Kier alpha value is -7.14. The number of hydrogen-bond acceptors (Lipinski definition) is 3. The van der Waals surface area contributed by atoms with Crippen LogP contribution in [0.2, 0.25) is 0 Å². The maximum Gasteiger partial charge on any atom is 0.252 e. The fourth-order valence-electron chi connectivity index (χ4n) is 10.00. The van der Waals surface area contributed by atoms with Crippen molar-refractivity contribution in [3.8, 4) is 33.4 Å². The van der Waals surface area contributed by atoms with E-state index in [4.69, 9.17) is 4.11 Å². The number of anilines is 6. The van der Waals surface area contributed by atoms with Crippen LogP contribution in [0.4, 0.5) is 34.1 Å². The molecular formula is C59H45BN2S.